The summed E-state index contributed by atoms with van der Waals surface area (Å²) < 4.78 is 9.97. The summed E-state index contributed by atoms with van der Waals surface area (Å²) in [5, 5.41) is 0. The van der Waals surface area contributed by atoms with Crippen LogP contribution < -0.4 is 0 Å². The first kappa shape index (κ1) is 12.3. The molecule has 1 rings (SSSR count). The maximum Gasteiger partial charge on any atom is 0.173 e. The van der Waals surface area contributed by atoms with Gasteiger partial charge >= 0.3 is 0 Å². The van der Waals surface area contributed by atoms with Crippen molar-refractivity contribution in [2.24, 2.45) is 11.3 Å². The predicted octanol–water partition coefficient (Wildman–Crippen LogP) is 1.18. The van der Waals surface area contributed by atoms with Crippen molar-refractivity contribution in [3.05, 3.63) is 0 Å². The Morgan fingerprint density at radius 2 is 1.53 bits per heavy atom. The lowest BCUT2D eigenvalue weighted by Gasteiger charge is -2.34. The number of methoxy groups -OCH3 is 2. The number of hydrogen-bond donors (Lipinski definition) is 0. The fourth-order valence-corrected chi connectivity index (χ4v) is 2.08. The van der Waals surface area contributed by atoms with Crippen molar-refractivity contribution < 1.29 is 19.1 Å². The van der Waals surface area contributed by atoms with Gasteiger partial charge in [-0.2, -0.15) is 0 Å². The van der Waals surface area contributed by atoms with E-state index in [1.165, 1.54) is 14.2 Å². The van der Waals surface area contributed by atoms with E-state index in [9.17, 15) is 9.59 Å². The van der Waals surface area contributed by atoms with Gasteiger partial charge in [0.1, 0.15) is 17.5 Å². The molecular weight excluding hydrogens is 196 g/mol. The van der Waals surface area contributed by atoms with E-state index in [1.807, 2.05) is 13.8 Å². The molecule has 0 aromatic heterocycles. The monoisotopic (exact) mass is 214 g/mol. The standard InChI is InChI=1S/C11H18O4/c1-11(2)5-7(12)9(8(13)6-11)10(14-3)15-4/h9-10H,5-6H2,1-4H3. The van der Waals surface area contributed by atoms with Gasteiger partial charge in [-0.05, 0) is 5.41 Å². The zero-order valence-corrected chi connectivity index (χ0v) is 9.70. The van der Waals surface area contributed by atoms with Gasteiger partial charge in [0.15, 0.2) is 6.29 Å². The van der Waals surface area contributed by atoms with E-state index in [0.717, 1.165) is 0 Å². The number of carbonyl (C=O) groups is 2. The summed E-state index contributed by atoms with van der Waals surface area (Å²) >= 11 is 0. The van der Waals surface area contributed by atoms with Crippen molar-refractivity contribution in [3.8, 4) is 0 Å². The minimum absolute atomic E-state index is 0.0787. The van der Waals surface area contributed by atoms with E-state index >= 15 is 0 Å². The van der Waals surface area contributed by atoms with Gasteiger partial charge in [-0.15, -0.1) is 0 Å². The Morgan fingerprint density at radius 1 is 1.13 bits per heavy atom. The molecule has 0 aromatic rings. The Balaban J connectivity index is 2.83. The van der Waals surface area contributed by atoms with Crippen LogP contribution in [0.5, 0.6) is 0 Å². The third-order valence-electron chi connectivity index (χ3n) is 2.74. The summed E-state index contributed by atoms with van der Waals surface area (Å²) in [6, 6.07) is 0. The molecule has 0 spiro atoms. The number of ketones is 2. The average Bonchev–Trinajstić information content (AvgIpc) is 2.09. The molecule has 0 aliphatic heterocycles. The van der Waals surface area contributed by atoms with Crippen LogP contribution in [0.2, 0.25) is 0 Å². The van der Waals surface area contributed by atoms with Crippen molar-refractivity contribution in [1.29, 1.82) is 0 Å². The average molecular weight is 214 g/mol. The molecule has 0 saturated heterocycles. The SMILES string of the molecule is COC(OC)C1C(=O)CC(C)(C)CC1=O. The molecule has 4 heteroatoms. The number of hydrogen-bond acceptors (Lipinski definition) is 4. The summed E-state index contributed by atoms with van der Waals surface area (Å²) in [6.45, 7) is 3.85. The first-order valence-corrected chi connectivity index (χ1v) is 5.02. The molecular formula is C11H18O4. The van der Waals surface area contributed by atoms with E-state index in [0.29, 0.717) is 12.8 Å². The summed E-state index contributed by atoms with van der Waals surface area (Å²) in [5.74, 6) is -0.900. The highest BCUT2D eigenvalue weighted by atomic mass is 16.7. The van der Waals surface area contributed by atoms with Gasteiger partial charge in [0.05, 0.1) is 0 Å². The van der Waals surface area contributed by atoms with Crippen molar-refractivity contribution in [2.45, 2.75) is 33.0 Å². The molecule has 0 heterocycles. The van der Waals surface area contributed by atoms with Crippen LogP contribution in [0.3, 0.4) is 0 Å². The molecule has 1 aliphatic carbocycles. The summed E-state index contributed by atoms with van der Waals surface area (Å²) in [7, 11) is 2.88. The Bertz CT molecular complexity index is 246. The van der Waals surface area contributed by atoms with Crippen LogP contribution in [0, 0.1) is 11.3 Å². The fourth-order valence-electron chi connectivity index (χ4n) is 2.08. The highest BCUT2D eigenvalue weighted by Gasteiger charge is 2.43. The molecule has 1 saturated carbocycles. The normalized spacial score (nSPS) is 22.5. The highest BCUT2D eigenvalue weighted by Crippen LogP contribution is 2.35. The quantitative estimate of drug-likeness (QED) is 0.523. The predicted molar refractivity (Wildman–Crippen MR) is 54.3 cm³/mol. The van der Waals surface area contributed by atoms with Gasteiger partial charge in [0, 0.05) is 27.1 Å². The molecule has 15 heavy (non-hydrogen) atoms. The van der Waals surface area contributed by atoms with Gasteiger partial charge in [0.2, 0.25) is 0 Å². The molecule has 0 radical (unpaired) electrons. The van der Waals surface area contributed by atoms with Crippen molar-refractivity contribution >= 4 is 11.6 Å². The van der Waals surface area contributed by atoms with Crippen LogP contribution in [0.25, 0.3) is 0 Å². The second kappa shape index (κ2) is 4.41. The molecule has 0 N–H and O–H groups in total. The molecule has 4 nitrogen and oxygen atoms in total. The van der Waals surface area contributed by atoms with Gasteiger partial charge < -0.3 is 9.47 Å². The Kier molecular flexibility index (Phi) is 3.62. The van der Waals surface area contributed by atoms with Gasteiger partial charge in [-0.25, -0.2) is 0 Å². The maximum atomic E-state index is 11.8. The van der Waals surface area contributed by atoms with Gasteiger partial charge in [0.25, 0.3) is 0 Å². The van der Waals surface area contributed by atoms with E-state index in [2.05, 4.69) is 0 Å². The number of ether oxygens (including phenoxy) is 2. The van der Waals surface area contributed by atoms with Gasteiger partial charge in [-0.3, -0.25) is 9.59 Å². The zero-order chi connectivity index (χ0) is 11.6. The maximum absolute atomic E-state index is 11.8. The fraction of sp³-hybridized carbons (Fsp3) is 0.818. The van der Waals surface area contributed by atoms with Crippen LogP contribution in [0.4, 0.5) is 0 Å². The van der Waals surface area contributed by atoms with E-state index in [4.69, 9.17) is 9.47 Å². The lowest BCUT2D eigenvalue weighted by molar-refractivity contribution is -0.170. The molecule has 1 aliphatic rings. The third-order valence-corrected chi connectivity index (χ3v) is 2.74. The zero-order valence-electron chi connectivity index (χ0n) is 9.70. The largest absolute Gasteiger partial charge is 0.355 e. The van der Waals surface area contributed by atoms with Crippen LogP contribution in [-0.2, 0) is 19.1 Å². The van der Waals surface area contributed by atoms with E-state index in [1.54, 1.807) is 0 Å². The molecule has 0 unspecified atom stereocenters. The van der Waals surface area contributed by atoms with E-state index in [-0.39, 0.29) is 17.0 Å². The number of Topliss-reactive ketones (excluding diaryl/α,β-unsaturated/α-hetero) is 2. The smallest absolute Gasteiger partial charge is 0.173 e. The Morgan fingerprint density at radius 3 is 1.87 bits per heavy atom. The van der Waals surface area contributed by atoms with Crippen LogP contribution in [0.1, 0.15) is 26.7 Å². The van der Waals surface area contributed by atoms with Crippen LogP contribution in [0.15, 0.2) is 0 Å². The molecule has 1 fully saturated rings. The van der Waals surface area contributed by atoms with Gasteiger partial charge in [-0.1, -0.05) is 13.8 Å². The minimum atomic E-state index is -0.743. The topological polar surface area (TPSA) is 52.6 Å². The van der Waals surface area contributed by atoms with E-state index < -0.39 is 12.2 Å². The lowest BCUT2D eigenvalue weighted by Crippen LogP contribution is -2.45. The van der Waals surface area contributed by atoms with Crippen LogP contribution >= 0.6 is 0 Å². The molecule has 0 amide bonds. The molecule has 0 atom stereocenters. The lowest BCUT2D eigenvalue weighted by atomic mass is 9.71. The minimum Gasteiger partial charge on any atom is -0.355 e. The van der Waals surface area contributed by atoms with Crippen molar-refractivity contribution in [1.82, 2.24) is 0 Å². The summed E-state index contributed by atoms with van der Waals surface area (Å²) in [4.78, 5) is 23.6. The second-order valence-corrected chi connectivity index (χ2v) is 4.77. The number of rotatable bonds is 3. The second-order valence-electron chi connectivity index (χ2n) is 4.77. The first-order chi connectivity index (χ1) is 6.91. The molecule has 86 valence electrons. The summed E-state index contributed by atoms with van der Waals surface area (Å²) in [5.41, 5.74) is -0.225. The van der Waals surface area contributed by atoms with Crippen LogP contribution in [-0.4, -0.2) is 32.1 Å². The Hall–Kier alpha value is -0.740. The highest BCUT2D eigenvalue weighted by molar-refractivity contribution is 6.05. The van der Waals surface area contributed by atoms with Crippen molar-refractivity contribution in [2.75, 3.05) is 14.2 Å². The summed E-state index contributed by atoms with van der Waals surface area (Å²) in [6.07, 6.45) is 0.0836. The number of carbonyl (C=O) groups excluding carboxylic acids is 2. The Labute approximate surface area is 89.9 Å². The molecule has 0 aromatic carbocycles. The molecule has 0 bridgehead atoms. The third kappa shape index (κ3) is 2.63. The first-order valence-electron chi connectivity index (χ1n) is 5.02. The van der Waals surface area contributed by atoms with Crippen molar-refractivity contribution in [3.63, 3.8) is 0 Å².